The maximum Gasteiger partial charge on any atom is 0.241 e. The van der Waals surface area contributed by atoms with Gasteiger partial charge in [0, 0.05) is 30.4 Å². The number of carbonyl (C=O) groups is 1. The Morgan fingerprint density at radius 3 is 2.71 bits per heavy atom. The van der Waals surface area contributed by atoms with Crippen LogP contribution < -0.4 is 5.32 Å². The summed E-state index contributed by atoms with van der Waals surface area (Å²) in [4.78, 5) is 23.2. The molecule has 1 fully saturated rings. The largest absolute Gasteiger partial charge is 0.352 e. The van der Waals surface area contributed by atoms with E-state index in [4.69, 9.17) is 4.52 Å². The third-order valence-corrected chi connectivity index (χ3v) is 5.01. The number of pyridine rings is 1. The number of amides is 1. The first-order chi connectivity index (χ1) is 13.8. The number of likely N-dealkylation sites (tertiary alicyclic amines) is 1. The summed E-state index contributed by atoms with van der Waals surface area (Å²) in [7, 11) is 0. The summed E-state index contributed by atoms with van der Waals surface area (Å²) < 4.78 is 5.37. The lowest BCUT2D eigenvalue weighted by Gasteiger charge is -2.30. The van der Waals surface area contributed by atoms with Crippen LogP contribution in [0.4, 0.5) is 0 Å². The molecule has 1 aromatic carbocycles. The zero-order chi connectivity index (χ0) is 19.2. The maximum atomic E-state index is 12.4. The third-order valence-electron chi connectivity index (χ3n) is 5.01. The molecule has 0 bridgehead atoms. The molecule has 0 radical (unpaired) electrons. The number of aromatic nitrogens is 3. The van der Waals surface area contributed by atoms with E-state index in [1.165, 1.54) is 0 Å². The number of benzene rings is 1. The van der Waals surface area contributed by atoms with Crippen molar-refractivity contribution in [3.8, 4) is 11.4 Å². The van der Waals surface area contributed by atoms with Crippen molar-refractivity contribution in [2.45, 2.75) is 25.9 Å². The average Bonchev–Trinajstić information content (AvgIpc) is 3.22. The van der Waals surface area contributed by atoms with Crippen LogP contribution in [-0.4, -0.2) is 39.0 Å². The molecule has 0 atom stereocenters. The molecule has 1 N–H and O–H groups in total. The number of hydrogen-bond acceptors (Lipinski definition) is 6. The second-order valence-corrected chi connectivity index (χ2v) is 7.01. The Balaban J connectivity index is 1.24. The molecule has 1 saturated heterocycles. The summed E-state index contributed by atoms with van der Waals surface area (Å²) in [6, 6.07) is 13.7. The molecule has 28 heavy (non-hydrogen) atoms. The lowest BCUT2D eigenvalue weighted by molar-refractivity contribution is -0.126. The molecule has 3 heterocycles. The summed E-state index contributed by atoms with van der Waals surface area (Å²) in [6.45, 7) is 2.87. The van der Waals surface area contributed by atoms with Gasteiger partial charge in [-0.3, -0.25) is 14.7 Å². The van der Waals surface area contributed by atoms with Gasteiger partial charge in [0.2, 0.25) is 17.6 Å². The van der Waals surface area contributed by atoms with Gasteiger partial charge in [0.1, 0.15) is 0 Å². The van der Waals surface area contributed by atoms with Crippen molar-refractivity contribution in [1.29, 1.82) is 0 Å². The van der Waals surface area contributed by atoms with E-state index in [9.17, 15) is 4.79 Å². The monoisotopic (exact) mass is 377 g/mol. The number of nitrogens with one attached hydrogen (secondary N) is 1. The molecule has 4 rings (SSSR count). The highest BCUT2D eigenvalue weighted by Crippen LogP contribution is 2.20. The molecule has 7 nitrogen and oxygen atoms in total. The minimum atomic E-state index is 0.0635. The summed E-state index contributed by atoms with van der Waals surface area (Å²) >= 11 is 0. The van der Waals surface area contributed by atoms with E-state index in [0.29, 0.717) is 24.8 Å². The summed E-state index contributed by atoms with van der Waals surface area (Å²) in [5.41, 5.74) is 1.96. The zero-order valence-electron chi connectivity index (χ0n) is 15.6. The number of nitrogens with zero attached hydrogens (tertiary/aromatic N) is 4. The van der Waals surface area contributed by atoms with Gasteiger partial charge in [-0.2, -0.15) is 4.98 Å². The summed E-state index contributed by atoms with van der Waals surface area (Å²) in [5, 5.41) is 7.08. The van der Waals surface area contributed by atoms with Gasteiger partial charge in [-0.25, -0.2) is 0 Å². The zero-order valence-corrected chi connectivity index (χ0v) is 15.6. The summed E-state index contributed by atoms with van der Waals surface area (Å²) in [5.74, 6) is 1.35. The van der Waals surface area contributed by atoms with Crippen LogP contribution in [0.2, 0.25) is 0 Å². The Kier molecular flexibility index (Phi) is 5.72. The van der Waals surface area contributed by atoms with Gasteiger partial charge in [-0.1, -0.05) is 35.5 Å². The Morgan fingerprint density at radius 2 is 1.96 bits per heavy atom. The number of hydrogen-bond donors (Lipinski definition) is 1. The van der Waals surface area contributed by atoms with Crippen molar-refractivity contribution < 1.29 is 9.32 Å². The van der Waals surface area contributed by atoms with E-state index >= 15 is 0 Å². The molecule has 144 valence electrons. The van der Waals surface area contributed by atoms with Crippen LogP contribution in [0.1, 0.15) is 24.3 Å². The molecule has 0 unspecified atom stereocenters. The summed E-state index contributed by atoms with van der Waals surface area (Å²) in [6.07, 6.45) is 5.10. The second-order valence-electron chi connectivity index (χ2n) is 7.01. The molecule has 1 amide bonds. The minimum Gasteiger partial charge on any atom is -0.352 e. The Bertz CT molecular complexity index is 889. The van der Waals surface area contributed by atoms with Crippen molar-refractivity contribution in [2.75, 3.05) is 13.1 Å². The Labute approximate surface area is 163 Å². The highest BCUT2D eigenvalue weighted by atomic mass is 16.5. The second kappa shape index (κ2) is 8.75. The standard InChI is InChI=1S/C21H23N5O2/c27-21(23-13-16-5-2-1-3-6-16)17-8-11-26(12-9-17)15-19-24-20(25-28-19)18-7-4-10-22-14-18/h1-7,10,14,17H,8-9,11-13,15H2,(H,23,27). The minimum absolute atomic E-state index is 0.0635. The normalized spacial score (nSPS) is 15.4. The molecule has 2 aromatic heterocycles. The maximum absolute atomic E-state index is 12.4. The molecule has 0 spiro atoms. The van der Waals surface area contributed by atoms with Gasteiger partial charge < -0.3 is 9.84 Å². The SMILES string of the molecule is O=C(NCc1ccccc1)C1CCN(Cc2nc(-c3cccnc3)no2)CC1. The first kappa shape index (κ1) is 18.3. The first-order valence-corrected chi connectivity index (χ1v) is 9.55. The van der Waals surface area contributed by atoms with Crippen LogP contribution in [0.15, 0.2) is 59.4 Å². The van der Waals surface area contributed by atoms with E-state index in [1.807, 2.05) is 42.5 Å². The van der Waals surface area contributed by atoms with Crippen molar-refractivity contribution in [3.63, 3.8) is 0 Å². The van der Waals surface area contributed by atoms with E-state index in [2.05, 4.69) is 25.3 Å². The molecule has 3 aromatic rings. The lowest BCUT2D eigenvalue weighted by atomic mass is 9.96. The van der Waals surface area contributed by atoms with Crippen LogP contribution in [0.25, 0.3) is 11.4 Å². The average molecular weight is 377 g/mol. The highest BCUT2D eigenvalue weighted by Gasteiger charge is 2.25. The third kappa shape index (κ3) is 4.61. The van der Waals surface area contributed by atoms with Crippen LogP contribution >= 0.6 is 0 Å². The van der Waals surface area contributed by atoms with E-state index in [-0.39, 0.29) is 11.8 Å². The fourth-order valence-electron chi connectivity index (χ4n) is 3.41. The molecule has 1 aliphatic rings. The van der Waals surface area contributed by atoms with Gasteiger partial charge in [0.15, 0.2) is 0 Å². The van der Waals surface area contributed by atoms with E-state index in [1.54, 1.807) is 12.4 Å². The first-order valence-electron chi connectivity index (χ1n) is 9.55. The van der Waals surface area contributed by atoms with Crippen molar-refractivity contribution >= 4 is 5.91 Å². The molecule has 7 heteroatoms. The van der Waals surface area contributed by atoms with Crippen molar-refractivity contribution in [3.05, 3.63) is 66.3 Å². The Morgan fingerprint density at radius 1 is 1.14 bits per heavy atom. The van der Waals surface area contributed by atoms with Crippen LogP contribution in [0.3, 0.4) is 0 Å². The number of piperidine rings is 1. The fraction of sp³-hybridized carbons (Fsp3) is 0.333. The molecule has 1 aliphatic heterocycles. The molecule has 0 aliphatic carbocycles. The number of rotatable bonds is 6. The highest BCUT2D eigenvalue weighted by molar-refractivity contribution is 5.78. The molecular formula is C21H23N5O2. The number of carbonyl (C=O) groups excluding carboxylic acids is 1. The molecular weight excluding hydrogens is 354 g/mol. The van der Waals surface area contributed by atoms with Gasteiger partial charge >= 0.3 is 0 Å². The van der Waals surface area contributed by atoms with Crippen LogP contribution in [0.5, 0.6) is 0 Å². The van der Waals surface area contributed by atoms with Crippen molar-refractivity contribution in [2.24, 2.45) is 5.92 Å². The van der Waals surface area contributed by atoms with Crippen molar-refractivity contribution in [1.82, 2.24) is 25.3 Å². The van der Waals surface area contributed by atoms with E-state index in [0.717, 1.165) is 37.1 Å². The predicted molar refractivity (Wildman–Crippen MR) is 104 cm³/mol. The topological polar surface area (TPSA) is 84.2 Å². The van der Waals surface area contributed by atoms with Crippen LogP contribution in [0, 0.1) is 5.92 Å². The van der Waals surface area contributed by atoms with Crippen LogP contribution in [-0.2, 0) is 17.9 Å². The van der Waals surface area contributed by atoms with Gasteiger partial charge in [0.05, 0.1) is 6.54 Å². The van der Waals surface area contributed by atoms with Gasteiger partial charge in [-0.05, 0) is 43.6 Å². The fourth-order valence-corrected chi connectivity index (χ4v) is 3.41. The Hall–Kier alpha value is -3.06. The van der Waals surface area contributed by atoms with Gasteiger partial charge in [0.25, 0.3) is 0 Å². The predicted octanol–water partition coefficient (Wildman–Crippen LogP) is 2.66. The lowest BCUT2D eigenvalue weighted by Crippen LogP contribution is -2.40. The molecule has 0 saturated carbocycles. The smallest absolute Gasteiger partial charge is 0.241 e. The van der Waals surface area contributed by atoms with E-state index < -0.39 is 0 Å². The van der Waals surface area contributed by atoms with Gasteiger partial charge in [-0.15, -0.1) is 0 Å². The quantitative estimate of drug-likeness (QED) is 0.711.